The second kappa shape index (κ2) is 12.5. The van der Waals surface area contributed by atoms with Crippen LogP contribution in [0.25, 0.3) is 0 Å². The van der Waals surface area contributed by atoms with E-state index >= 15 is 0 Å². The van der Waals surface area contributed by atoms with E-state index in [4.69, 9.17) is 20.1 Å². The van der Waals surface area contributed by atoms with Crippen molar-refractivity contribution < 1.29 is 29.6 Å². The van der Waals surface area contributed by atoms with Crippen molar-refractivity contribution in [2.24, 2.45) is 0 Å². The Kier molecular flexibility index (Phi) is 8.42. The summed E-state index contributed by atoms with van der Waals surface area (Å²) in [5.41, 5.74) is 4.46. The lowest BCUT2D eigenvalue weighted by atomic mass is 10.0. The van der Waals surface area contributed by atoms with Crippen molar-refractivity contribution in [3.05, 3.63) is 136 Å². The van der Waals surface area contributed by atoms with Crippen molar-refractivity contribution in [1.82, 2.24) is 0 Å². The standard InChI is InChI=1S/C33H20O6/c34-22-39-31-17-11-25(12-18-31)3-6-28-20-26(4-1-23-7-13-29(14-8-23)32(35)36)19-27(21-28)5-2-24-9-15-30(16-10-24)33(37)38/h7-21,34H,22H2,(H,35,36)(H,37,38). The topological polar surface area (TPSA) is 104 Å². The van der Waals surface area contributed by atoms with E-state index in [1.165, 1.54) is 24.3 Å². The highest BCUT2D eigenvalue weighted by Gasteiger charge is 2.02. The first-order valence-corrected chi connectivity index (χ1v) is 11.6. The third-order valence-corrected chi connectivity index (χ3v) is 5.34. The molecule has 0 saturated heterocycles. The second-order valence-electron chi connectivity index (χ2n) is 8.11. The minimum atomic E-state index is -1.00. The third kappa shape index (κ3) is 7.62. The van der Waals surface area contributed by atoms with E-state index in [1.807, 2.05) is 18.2 Å². The molecule has 4 rings (SSSR count). The van der Waals surface area contributed by atoms with Gasteiger partial charge in [-0.25, -0.2) is 9.59 Å². The van der Waals surface area contributed by atoms with Gasteiger partial charge in [0.1, 0.15) is 5.75 Å². The zero-order chi connectivity index (χ0) is 27.6. The van der Waals surface area contributed by atoms with E-state index in [-0.39, 0.29) is 11.1 Å². The zero-order valence-corrected chi connectivity index (χ0v) is 20.4. The molecule has 0 saturated carbocycles. The Balaban J connectivity index is 1.67. The SMILES string of the molecule is O=C(O)c1ccc(C#Cc2cc(C#Cc3ccc(OCO)cc3)cc(C#Cc3ccc(C(=O)O)cc3)c2)cc1. The molecule has 4 aromatic carbocycles. The smallest absolute Gasteiger partial charge is 0.335 e. The molecule has 3 N–H and O–H groups in total. The quantitative estimate of drug-likeness (QED) is 0.273. The largest absolute Gasteiger partial charge is 0.478 e. The van der Waals surface area contributed by atoms with Crippen LogP contribution in [0.3, 0.4) is 0 Å². The van der Waals surface area contributed by atoms with E-state index in [1.54, 1.807) is 48.5 Å². The van der Waals surface area contributed by atoms with Crippen molar-refractivity contribution in [2.45, 2.75) is 0 Å². The highest BCUT2D eigenvalue weighted by atomic mass is 16.6. The number of carboxylic acids is 2. The number of aliphatic hydroxyl groups excluding tert-OH is 1. The molecule has 0 atom stereocenters. The molecule has 0 spiro atoms. The third-order valence-electron chi connectivity index (χ3n) is 5.34. The van der Waals surface area contributed by atoms with Gasteiger partial charge in [0, 0.05) is 33.4 Å². The van der Waals surface area contributed by atoms with Gasteiger partial charge >= 0.3 is 11.9 Å². The zero-order valence-electron chi connectivity index (χ0n) is 20.4. The number of benzene rings is 4. The summed E-state index contributed by atoms with van der Waals surface area (Å²) >= 11 is 0. The number of hydrogen-bond donors (Lipinski definition) is 3. The van der Waals surface area contributed by atoms with E-state index in [2.05, 4.69) is 35.5 Å². The molecule has 0 unspecified atom stereocenters. The minimum absolute atomic E-state index is 0.183. The molecule has 0 fully saturated rings. The molecule has 4 aromatic rings. The predicted octanol–water partition coefficient (Wildman–Crippen LogP) is 4.61. The Hall–Kier alpha value is -5.74. The van der Waals surface area contributed by atoms with E-state index in [0.29, 0.717) is 33.6 Å². The first-order chi connectivity index (χ1) is 18.9. The van der Waals surface area contributed by atoms with E-state index < -0.39 is 18.7 Å². The van der Waals surface area contributed by atoms with Crippen molar-refractivity contribution >= 4 is 11.9 Å². The Labute approximate surface area is 225 Å². The number of aromatic carboxylic acids is 2. The van der Waals surface area contributed by atoms with Gasteiger partial charge in [0.2, 0.25) is 0 Å². The Morgan fingerprint density at radius 2 is 0.821 bits per heavy atom. The fourth-order valence-electron chi connectivity index (χ4n) is 3.38. The van der Waals surface area contributed by atoms with Crippen molar-refractivity contribution in [1.29, 1.82) is 0 Å². The summed E-state index contributed by atoms with van der Waals surface area (Å²) < 4.78 is 5.04. The van der Waals surface area contributed by atoms with Crippen LogP contribution >= 0.6 is 0 Å². The van der Waals surface area contributed by atoms with Crippen LogP contribution in [-0.4, -0.2) is 34.1 Å². The Bertz CT molecular complexity index is 1600. The summed E-state index contributed by atoms with van der Waals surface area (Å²) in [6, 6.07) is 25.1. The Morgan fingerprint density at radius 1 is 0.513 bits per heavy atom. The lowest BCUT2D eigenvalue weighted by Crippen LogP contribution is -1.95. The first kappa shape index (κ1) is 26.3. The van der Waals surface area contributed by atoms with Crippen LogP contribution in [0, 0.1) is 35.5 Å². The number of ether oxygens (including phenoxy) is 1. The molecule has 39 heavy (non-hydrogen) atoms. The predicted molar refractivity (Wildman–Crippen MR) is 145 cm³/mol. The molecule has 0 heterocycles. The number of carboxylic acid groups (broad SMARTS) is 2. The van der Waals surface area contributed by atoms with Crippen LogP contribution in [0.15, 0.2) is 91.0 Å². The van der Waals surface area contributed by atoms with Crippen molar-refractivity contribution in [3.8, 4) is 41.3 Å². The second-order valence-corrected chi connectivity index (χ2v) is 8.11. The van der Waals surface area contributed by atoms with Crippen LogP contribution < -0.4 is 4.74 Å². The van der Waals surface area contributed by atoms with Gasteiger partial charge in [-0.2, -0.15) is 0 Å². The first-order valence-electron chi connectivity index (χ1n) is 11.6. The molecule has 6 heteroatoms. The molecule has 0 bridgehead atoms. The van der Waals surface area contributed by atoms with Gasteiger partial charge in [-0.3, -0.25) is 0 Å². The molecule has 0 aliphatic heterocycles. The van der Waals surface area contributed by atoms with Gasteiger partial charge < -0.3 is 20.1 Å². The monoisotopic (exact) mass is 512 g/mol. The van der Waals surface area contributed by atoms with Crippen LogP contribution in [0.2, 0.25) is 0 Å². The number of rotatable bonds is 4. The summed E-state index contributed by atoms with van der Waals surface area (Å²) in [5, 5.41) is 27.0. The summed E-state index contributed by atoms with van der Waals surface area (Å²) in [4.78, 5) is 22.2. The van der Waals surface area contributed by atoms with Gasteiger partial charge in [-0.1, -0.05) is 35.5 Å². The van der Waals surface area contributed by atoms with Gasteiger partial charge in [-0.05, 0) is 91.0 Å². The van der Waals surface area contributed by atoms with E-state index in [0.717, 1.165) is 5.56 Å². The number of carbonyl (C=O) groups is 2. The molecule has 0 amide bonds. The van der Waals surface area contributed by atoms with Crippen molar-refractivity contribution in [3.63, 3.8) is 0 Å². The average molecular weight is 513 g/mol. The van der Waals surface area contributed by atoms with E-state index in [9.17, 15) is 9.59 Å². The van der Waals surface area contributed by atoms with Gasteiger partial charge in [0.25, 0.3) is 0 Å². The van der Waals surface area contributed by atoms with Gasteiger partial charge in [-0.15, -0.1) is 0 Å². The highest BCUT2D eigenvalue weighted by molar-refractivity contribution is 5.88. The molecule has 0 aliphatic carbocycles. The fraction of sp³-hybridized carbons (Fsp3) is 0.0303. The average Bonchev–Trinajstić information content (AvgIpc) is 2.95. The fourth-order valence-corrected chi connectivity index (χ4v) is 3.38. The summed E-state index contributed by atoms with van der Waals surface area (Å²) in [5.74, 6) is 17.0. The molecule has 0 radical (unpaired) electrons. The number of aliphatic hydroxyl groups is 1. The molecule has 0 aromatic heterocycles. The highest BCUT2D eigenvalue weighted by Crippen LogP contribution is 2.13. The Morgan fingerprint density at radius 3 is 1.13 bits per heavy atom. The normalized spacial score (nSPS) is 9.56. The maximum absolute atomic E-state index is 11.1. The maximum atomic E-state index is 11.1. The lowest BCUT2D eigenvalue weighted by Gasteiger charge is -2.01. The van der Waals surface area contributed by atoms with Crippen LogP contribution in [0.1, 0.15) is 54.1 Å². The summed E-state index contributed by atoms with van der Waals surface area (Å²) in [6.07, 6.45) is 0. The number of hydrogen-bond acceptors (Lipinski definition) is 4. The summed E-state index contributed by atoms with van der Waals surface area (Å²) in [7, 11) is 0. The summed E-state index contributed by atoms with van der Waals surface area (Å²) in [6.45, 7) is -0.407. The van der Waals surface area contributed by atoms with Crippen LogP contribution in [0.5, 0.6) is 5.75 Å². The van der Waals surface area contributed by atoms with Crippen LogP contribution in [0.4, 0.5) is 0 Å². The van der Waals surface area contributed by atoms with Gasteiger partial charge in [0.05, 0.1) is 11.1 Å². The molecule has 6 nitrogen and oxygen atoms in total. The molecular formula is C33H20O6. The minimum Gasteiger partial charge on any atom is -0.478 e. The maximum Gasteiger partial charge on any atom is 0.335 e. The van der Waals surface area contributed by atoms with Gasteiger partial charge in [0.15, 0.2) is 6.79 Å². The van der Waals surface area contributed by atoms with Crippen LogP contribution in [-0.2, 0) is 0 Å². The molecule has 188 valence electrons. The van der Waals surface area contributed by atoms with Crippen molar-refractivity contribution in [2.75, 3.05) is 6.79 Å². The molecule has 0 aliphatic rings. The molecular weight excluding hydrogens is 492 g/mol. The lowest BCUT2D eigenvalue weighted by molar-refractivity contribution is 0.0686.